The van der Waals surface area contributed by atoms with Gasteiger partial charge in [0, 0.05) is 37.3 Å². The second-order valence-electron chi connectivity index (χ2n) is 9.61. The maximum atomic E-state index is 15.6. The standard InChI is InChI=1S/C26H30FN7O2/c1-16-13-30-32(3)26(16)18-12-21(33-9-11-35-15-17(33)2)31-25-23(18)19(27)14-28-24(25)20-7-8-29-34(20)22-6-4-5-10-36-22/h7-8,12-14,17,22H,4-6,9-11,15H2,1-3H3/t17-,22?/m1/s1. The maximum Gasteiger partial charge on any atom is 0.151 e. The van der Waals surface area contributed by atoms with E-state index >= 15 is 4.39 Å². The lowest BCUT2D eigenvalue weighted by atomic mass is 10.0. The molecule has 6 heterocycles. The summed E-state index contributed by atoms with van der Waals surface area (Å²) in [6.07, 6.45) is 7.64. The smallest absolute Gasteiger partial charge is 0.151 e. The van der Waals surface area contributed by atoms with Gasteiger partial charge in [0.15, 0.2) is 12.0 Å². The van der Waals surface area contributed by atoms with Gasteiger partial charge in [0.25, 0.3) is 0 Å². The molecule has 2 saturated heterocycles. The molecule has 0 aliphatic carbocycles. The van der Waals surface area contributed by atoms with Crippen LogP contribution in [0.3, 0.4) is 0 Å². The number of pyridine rings is 2. The van der Waals surface area contributed by atoms with E-state index in [1.165, 1.54) is 6.20 Å². The van der Waals surface area contributed by atoms with Gasteiger partial charge < -0.3 is 14.4 Å². The topological polar surface area (TPSA) is 83.1 Å². The monoisotopic (exact) mass is 491 g/mol. The predicted octanol–water partition coefficient (Wildman–Crippen LogP) is 4.27. The lowest BCUT2D eigenvalue weighted by Crippen LogP contribution is -2.44. The molecule has 0 saturated carbocycles. The summed E-state index contributed by atoms with van der Waals surface area (Å²) < 4.78 is 30.9. The summed E-state index contributed by atoms with van der Waals surface area (Å²) >= 11 is 0. The third kappa shape index (κ3) is 3.84. The highest BCUT2D eigenvalue weighted by molar-refractivity contribution is 6.02. The first-order valence-corrected chi connectivity index (χ1v) is 12.5. The van der Waals surface area contributed by atoms with Crippen molar-refractivity contribution in [1.29, 1.82) is 0 Å². The number of fused-ring (bicyclic) bond motifs is 1. The molecule has 188 valence electrons. The summed E-state index contributed by atoms with van der Waals surface area (Å²) in [5.41, 5.74) is 4.40. The average Bonchev–Trinajstić information content (AvgIpc) is 3.51. The zero-order chi connectivity index (χ0) is 24.8. The normalized spacial score (nSPS) is 20.8. The number of anilines is 1. The van der Waals surface area contributed by atoms with Crippen molar-refractivity contribution in [3.8, 4) is 22.6 Å². The first-order chi connectivity index (χ1) is 17.5. The van der Waals surface area contributed by atoms with Gasteiger partial charge in [-0.05, 0) is 50.8 Å². The maximum absolute atomic E-state index is 15.6. The molecule has 6 rings (SSSR count). The van der Waals surface area contributed by atoms with Crippen molar-refractivity contribution in [2.45, 2.75) is 45.4 Å². The summed E-state index contributed by atoms with van der Waals surface area (Å²) in [6, 6.07) is 4.01. The molecule has 2 atom stereocenters. The molecular formula is C26H30FN7O2. The van der Waals surface area contributed by atoms with E-state index in [-0.39, 0.29) is 12.3 Å². The minimum absolute atomic E-state index is 0.135. The Morgan fingerprint density at radius 2 is 2.03 bits per heavy atom. The molecule has 0 spiro atoms. The first kappa shape index (κ1) is 23.1. The molecular weight excluding hydrogens is 461 g/mol. The molecule has 0 radical (unpaired) electrons. The third-order valence-corrected chi connectivity index (χ3v) is 7.16. The Morgan fingerprint density at radius 1 is 1.14 bits per heavy atom. The fourth-order valence-corrected chi connectivity index (χ4v) is 5.36. The summed E-state index contributed by atoms with van der Waals surface area (Å²) in [7, 11) is 1.88. The fourth-order valence-electron chi connectivity index (χ4n) is 5.36. The molecule has 10 heteroatoms. The van der Waals surface area contributed by atoms with Crippen LogP contribution >= 0.6 is 0 Å². The van der Waals surface area contributed by atoms with E-state index in [2.05, 4.69) is 27.0 Å². The van der Waals surface area contributed by atoms with Crippen LogP contribution in [0.25, 0.3) is 33.5 Å². The molecule has 2 fully saturated rings. The highest BCUT2D eigenvalue weighted by Crippen LogP contribution is 2.39. The predicted molar refractivity (Wildman–Crippen MR) is 134 cm³/mol. The quantitative estimate of drug-likeness (QED) is 0.422. The van der Waals surface area contributed by atoms with Crippen molar-refractivity contribution in [1.82, 2.24) is 29.5 Å². The Labute approximate surface area is 208 Å². The van der Waals surface area contributed by atoms with E-state index in [1.807, 2.05) is 30.8 Å². The number of aryl methyl sites for hydroxylation is 2. The van der Waals surface area contributed by atoms with Crippen molar-refractivity contribution in [2.24, 2.45) is 7.05 Å². The van der Waals surface area contributed by atoms with Gasteiger partial charge in [0.05, 0.1) is 43.0 Å². The average molecular weight is 492 g/mol. The van der Waals surface area contributed by atoms with Crippen LogP contribution in [0.2, 0.25) is 0 Å². The Kier molecular flexibility index (Phi) is 5.93. The summed E-state index contributed by atoms with van der Waals surface area (Å²) in [5.74, 6) is 0.348. The highest BCUT2D eigenvalue weighted by Gasteiger charge is 2.27. The Morgan fingerprint density at radius 3 is 2.78 bits per heavy atom. The second kappa shape index (κ2) is 9.25. The third-order valence-electron chi connectivity index (χ3n) is 7.16. The van der Waals surface area contributed by atoms with E-state index in [4.69, 9.17) is 14.5 Å². The molecule has 1 unspecified atom stereocenters. The molecule has 4 aromatic rings. The molecule has 0 bridgehead atoms. The van der Waals surface area contributed by atoms with Crippen molar-refractivity contribution in [2.75, 3.05) is 31.3 Å². The van der Waals surface area contributed by atoms with E-state index in [9.17, 15) is 0 Å². The highest BCUT2D eigenvalue weighted by atomic mass is 19.1. The largest absolute Gasteiger partial charge is 0.377 e. The Hall–Kier alpha value is -3.37. The van der Waals surface area contributed by atoms with Crippen LogP contribution < -0.4 is 4.90 Å². The lowest BCUT2D eigenvalue weighted by Gasteiger charge is -2.34. The first-order valence-electron chi connectivity index (χ1n) is 12.5. The van der Waals surface area contributed by atoms with E-state index < -0.39 is 5.82 Å². The van der Waals surface area contributed by atoms with Crippen molar-refractivity contribution in [3.05, 3.63) is 42.1 Å². The van der Waals surface area contributed by atoms with Crippen molar-refractivity contribution < 1.29 is 13.9 Å². The number of hydrogen-bond acceptors (Lipinski definition) is 7. The van der Waals surface area contributed by atoms with Crippen molar-refractivity contribution >= 4 is 16.7 Å². The molecule has 2 aliphatic rings. The zero-order valence-electron chi connectivity index (χ0n) is 20.8. The molecule has 9 nitrogen and oxygen atoms in total. The van der Waals surface area contributed by atoms with Gasteiger partial charge in [-0.25, -0.2) is 19.0 Å². The second-order valence-corrected chi connectivity index (χ2v) is 9.61. The summed E-state index contributed by atoms with van der Waals surface area (Å²) in [6.45, 7) is 6.73. The van der Waals surface area contributed by atoms with Crippen molar-refractivity contribution in [3.63, 3.8) is 0 Å². The number of nitrogens with zero attached hydrogens (tertiary/aromatic N) is 7. The molecule has 4 aromatic heterocycles. The van der Waals surface area contributed by atoms with Gasteiger partial charge in [-0.3, -0.25) is 4.68 Å². The molecule has 36 heavy (non-hydrogen) atoms. The van der Waals surface area contributed by atoms with Crippen LogP contribution in [0.15, 0.2) is 30.7 Å². The molecule has 0 amide bonds. The fraction of sp³-hybridized carbons (Fsp3) is 0.462. The van der Waals surface area contributed by atoms with Gasteiger partial charge in [-0.1, -0.05) is 0 Å². The van der Waals surface area contributed by atoms with Gasteiger partial charge in [0.2, 0.25) is 0 Å². The number of rotatable bonds is 4. The van der Waals surface area contributed by atoms with E-state index in [0.717, 1.165) is 47.6 Å². The van der Waals surface area contributed by atoms with Crippen LogP contribution in [-0.4, -0.2) is 61.9 Å². The number of aromatic nitrogens is 6. The number of ether oxygens (including phenoxy) is 2. The Bertz CT molecular complexity index is 1390. The summed E-state index contributed by atoms with van der Waals surface area (Å²) in [4.78, 5) is 11.8. The van der Waals surface area contributed by atoms with Crippen LogP contribution in [0.4, 0.5) is 10.2 Å². The minimum Gasteiger partial charge on any atom is -0.377 e. The van der Waals surface area contributed by atoms with Gasteiger partial charge in [-0.2, -0.15) is 10.2 Å². The molecule has 0 N–H and O–H groups in total. The van der Waals surface area contributed by atoms with Crippen LogP contribution in [0.5, 0.6) is 0 Å². The molecule has 0 aromatic carbocycles. The Balaban J connectivity index is 1.62. The zero-order valence-corrected chi connectivity index (χ0v) is 20.8. The minimum atomic E-state index is -0.418. The van der Waals surface area contributed by atoms with Gasteiger partial charge >= 0.3 is 0 Å². The SMILES string of the molecule is Cc1cnn(C)c1-c1cc(N2CCOC[C@H]2C)nc2c(-c3ccnn3C3CCCCO3)ncc(F)c12. The molecule has 2 aliphatic heterocycles. The van der Waals surface area contributed by atoms with E-state index in [1.54, 1.807) is 17.1 Å². The van der Waals surface area contributed by atoms with Crippen LogP contribution in [0.1, 0.15) is 38.0 Å². The van der Waals surface area contributed by atoms with E-state index in [0.29, 0.717) is 43.0 Å². The van der Waals surface area contributed by atoms with Crippen LogP contribution in [0, 0.1) is 12.7 Å². The number of hydrogen-bond donors (Lipinski definition) is 0. The van der Waals surface area contributed by atoms with Crippen LogP contribution in [-0.2, 0) is 16.5 Å². The van der Waals surface area contributed by atoms with Gasteiger partial charge in [0.1, 0.15) is 17.0 Å². The summed E-state index contributed by atoms with van der Waals surface area (Å²) in [5, 5.41) is 9.41. The van der Waals surface area contributed by atoms with Gasteiger partial charge in [-0.15, -0.1) is 0 Å². The number of morpholine rings is 1. The lowest BCUT2D eigenvalue weighted by molar-refractivity contribution is -0.0383. The number of halogens is 1.